The molecule has 0 radical (unpaired) electrons. The maximum Gasteiger partial charge on any atom is 0.312 e. The number of carbonyl (C=O) groups is 2. The van der Waals surface area contributed by atoms with E-state index in [4.69, 9.17) is 0 Å². The van der Waals surface area contributed by atoms with Crippen LogP contribution in [0, 0.1) is 5.92 Å². The van der Waals surface area contributed by atoms with Crippen LogP contribution in [0.2, 0.25) is 0 Å². The van der Waals surface area contributed by atoms with Crippen LogP contribution >= 0.6 is 0 Å². The minimum atomic E-state index is -0.434. The van der Waals surface area contributed by atoms with Gasteiger partial charge in [-0.15, -0.1) is 0 Å². The molecule has 1 aromatic carbocycles. The fourth-order valence-corrected chi connectivity index (χ4v) is 4.04. The third-order valence-corrected chi connectivity index (χ3v) is 5.59. The Hall–Kier alpha value is -2.76. The summed E-state index contributed by atoms with van der Waals surface area (Å²) in [5.74, 6) is 0.379. The number of nitrogens with zero attached hydrogens (tertiary/aromatic N) is 4. The molecule has 140 valence electrons. The van der Waals surface area contributed by atoms with E-state index in [-0.39, 0.29) is 18.5 Å². The zero-order valence-electron chi connectivity index (χ0n) is 15.5. The molecule has 1 aromatic heterocycles. The Kier molecular flexibility index (Phi) is 4.88. The number of benzene rings is 1. The second-order valence-electron chi connectivity index (χ2n) is 7.55. The van der Waals surface area contributed by atoms with Crippen molar-refractivity contribution in [2.45, 2.75) is 38.8 Å². The fourth-order valence-electron chi connectivity index (χ4n) is 4.04. The van der Waals surface area contributed by atoms with Gasteiger partial charge in [-0.25, -0.2) is 9.97 Å². The second kappa shape index (κ2) is 7.47. The molecule has 1 unspecified atom stereocenters. The van der Waals surface area contributed by atoms with E-state index in [9.17, 15) is 9.59 Å². The van der Waals surface area contributed by atoms with E-state index in [1.165, 1.54) is 0 Å². The first-order chi connectivity index (χ1) is 13.1. The number of aromatic nitrogens is 2. The zero-order chi connectivity index (χ0) is 18.8. The molecule has 0 bridgehead atoms. The first-order valence-corrected chi connectivity index (χ1v) is 9.58. The van der Waals surface area contributed by atoms with Crippen molar-refractivity contribution in [1.29, 1.82) is 0 Å². The lowest BCUT2D eigenvalue weighted by Crippen LogP contribution is -2.56. The first-order valence-electron chi connectivity index (χ1n) is 9.58. The predicted octanol–water partition coefficient (Wildman–Crippen LogP) is 2.50. The Labute approximate surface area is 159 Å². The van der Waals surface area contributed by atoms with E-state index in [2.05, 4.69) is 16.9 Å². The van der Waals surface area contributed by atoms with E-state index in [1.807, 2.05) is 30.3 Å². The molecule has 0 N–H and O–H groups in total. The van der Waals surface area contributed by atoms with Crippen molar-refractivity contribution in [3.05, 3.63) is 48.5 Å². The van der Waals surface area contributed by atoms with Gasteiger partial charge in [0.2, 0.25) is 0 Å². The summed E-state index contributed by atoms with van der Waals surface area (Å²) in [7, 11) is 0. The molecule has 2 heterocycles. The lowest BCUT2D eigenvalue weighted by Gasteiger charge is -2.37. The normalized spacial score (nSPS) is 23.1. The van der Waals surface area contributed by atoms with E-state index < -0.39 is 5.91 Å². The Morgan fingerprint density at radius 1 is 0.963 bits per heavy atom. The maximum absolute atomic E-state index is 12.6. The average molecular weight is 364 g/mol. The summed E-state index contributed by atoms with van der Waals surface area (Å²) >= 11 is 0. The molecule has 1 saturated heterocycles. The highest BCUT2D eigenvalue weighted by Crippen LogP contribution is 2.30. The number of hydrogen-bond donors (Lipinski definition) is 0. The van der Waals surface area contributed by atoms with Crippen LogP contribution < -0.4 is 0 Å². The molecule has 6 heteroatoms. The Morgan fingerprint density at radius 3 is 2.37 bits per heavy atom. The Balaban J connectivity index is 1.40. The van der Waals surface area contributed by atoms with Crippen molar-refractivity contribution < 1.29 is 9.59 Å². The van der Waals surface area contributed by atoms with Gasteiger partial charge in [0, 0.05) is 37.1 Å². The topological polar surface area (TPSA) is 66.4 Å². The molecule has 2 atom stereocenters. The molecule has 27 heavy (non-hydrogen) atoms. The van der Waals surface area contributed by atoms with Crippen molar-refractivity contribution in [3.63, 3.8) is 0 Å². The van der Waals surface area contributed by atoms with E-state index in [0.29, 0.717) is 24.8 Å². The summed E-state index contributed by atoms with van der Waals surface area (Å²) in [6, 6.07) is 10.1. The highest BCUT2D eigenvalue weighted by molar-refractivity contribution is 6.35. The van der Waals surface area contributed by atoms with Gasteiger partial charge in [0.1, 0.15) is 5.82 Å². The molecule has 0 spiro atoms. The molecule has 1 aliphatic carbocycles. The lowest BCUT2D eigenvalue weighted by atomic mass is 10.1. The number of piperazine rings is 1. The van der Waals surface area contributed by atoms with Crippen LogP contribution in [0.3, 0.4) is 0 Å². The molecular weight excluding hydrogens is 340 g/mol. The number of rotatable bonds is 4. The fraction of sp³-hybridized carbons (Fsp3) is 0.429. The summed E-state index contributed by atoms with van der Waals surface area (Å²) in [6.07, 6.45) is 6.67. The lowest BCUT2D eigenvalue weighted by molar-refractivity contribution is -0.158. The Bertz CT molecular complexity index is 822. The molecule has 4 rings (SSSR count). The molecular formula is C21H24N4O2. The minimum Gasteiger partial charge on any atom is -0.330 e. The SMILES string of the molecule is CC1CC[C@H](N2CCN(Cc3ncc(-c4ccccc4)cn3)C(=O)C2=O)C1. The third-order valence-electron chi connectivity index (χ3n) is 5.59. The van der Waals surface area contributed by atoms with Gasteiger partial charge in [-0.05, 0) is 30.7 Å². The molecule has 2 amide bonds. The standard InChI is InChI=1S/C21H24N4O2/c1-15-7-8-18(11-15)25-10-9-24(20(26)21(25)27)14-19-22-12-17(13-23-19)16-5-3-2-4-6-16/h2-6,12-13,15,18H,7-11,14H2,1H3/t15?,18-/m0/s1. The van der Waals surface area contributed by atoms with E-state index in [1.54, 1.807) is 22.2 Å². The molecule has 2 fully saturated rings. The molecule has 1 saturated carbocycles. The summed E-state index contributed by atoms with van der Waals surface area (Å²) in [5.41, 5.74) is 1.98. The van der Waals surface area contributed by atoms with Crippen LogP contribution in [0.5, 0.6) is 0 Å². The molecule has 1 aliphatic heterocycles. The molecule has 6 nitrogen and oxygen atoms in total. The van der Waals surface area contributed by atoms with E-state index >= 15 is 0 Å². The number of hydrogen-bond acceptors (Lipinski definition) is 4. The summed E-state index contributed by atoms with van der Waals surface area (Å²) < 4.78 is 0. The summed E-state index contributed by atoms with van der Waals surface area (Å²) in [4.78, 5) is 37.2. The van der Waals surface area contributed by atoms with Crippen LogP contribution in [0.15, 0.2) is 42.7 Å². The van der Waals surface area contributed by atoms with Gasteiger partial charge in [0.05, 0.1) is 6.54 Å². The van der Waals surface area contributed by atoms with Crippen molar-refractivity contribution in [2.75, 3.05) is 13.1 Å². The summed E-state index contributed by atoms with van der Waals surface area (Å²) in [6.45, 7) is 3.62. The van der Waals surface area contributed by atoms with Gasteiger partial charge < -0.3 is 9.80 Å². The summed E-state index contributed by atoms with van der Waals surface area (Å²) in [5, 5.41) is 0. The van der Waals surface area contributed by atoms with Gasteiger partial charge in [-0.3, -0.25) is 9.59 Å². The average Bonchev–Trinajstić information content (AvgIpc) is 3.13. The predicted molar refractivity (Wildman–Crippen MR) is 101 cm³/mol. The van der Waals surface area contributed by atoms with Crippen molar-refractivity contribution in [2.24, 2.45) is 5.92 Å². The van der Waals surface area contributed by atoms with Crippen LogP contribution in [0.1, 0.15) is 32.0 Å². The minimum absolute atomic E-state index is 0.222. The first kappa shape index (κ1) is 17.6. The van der Waals surface area contributed by atoms with Crippen LogP contribution in [0.4, 0.5) is 0 Å². The van der Waals surface area contributed by atoms with Crippen molar-refractivity contribution >= 4 is 11.8 Å². The monoisotopic (exact) mass is 364 g/mol. The van der Waals surface area contributed by atoms with Crippen LogP contribution in [-0.4, -0.2) is 50.7 Å². The largest absolute Gasteiger partial charge is 0.330 e. The molecule has 2 aromatic rings. The second-order valence-corrected chi connectivity index (χ2v) is 7.55. The highest BCUT2D eigenvalue weighted by Gasteiger charge is 2.38. The van der Waals surface area contributed by atoms with Gasteiger partial charge in [0.15, 0.2) is 0 Å². The highest BCUT2D eigenvalue weighted by atomic mass is 16.2. The number of carbonyl (C=O) groups excluding carboxylic acids is 2. The van der Waals surface area contributed by atoms with Crippen molar-refractivity contribution in [1.82, 2.24) is 19.8 Å². The van der Waals surface area contributed by atoms with E-state index in [0.717, 1.165) is 30.4 Å². The maximum atomic E-state index is 12.6. The van der Waals surface area contributed by atoms with Crippen LogP contribution in [-0.2, 0) is 16.1 Å². The van der Waals surface area contributed by atoms with Gasteiger partial charge in [-0.2, -0.15) is 0 Å². The number of amides is 2. The Morgan fingerprint density at radius 2 is 1.70 bits per heavy atom. The van der Waals surface area contributed by atoms with Crippen LogP contribution in [0.25, 0.3) is 11.1 Å². The van der Waals surface area contributed by atoms with Gasteiger partial charge >= 0.3 is 11.8 Å². The third kappa shape index (κ3) is 3.70. The smallest absolute Gasteiger partial charge is 0.312 e. The van der Waals surface area contributed by atoms with Crippen molar-refractivity contribution in [3.8, 4) is 11.1 Å². The van der Waals surface area contributed by atoms with Gasteiger partial charge in [0.25, 0.3) is 0 Å². The van der Waals surface area contributed by atoms with Gasteiger partial charge in [-0.1, -0.05) is 37.3 Å². The zero-order valence-corrected chi connectivity index (χ0v) is 15.5. The quantitative estimate of drug-likeness (QED) is 0.782. The molecule has 2 aliphatic rings.